The number of thiophene rings is 1. The molecule has 2 aliphatic rings. The SMILES string of the molecule is CC(C)c1ccc2c(c1)/C(=N/OCCNC(=O)c1cccs1)C[C@H]1[C@](C)(C(=O)O)CCC[C@]21C. The van der Waals surface area contributed by atoms with Crippen molar-refractivity contribution in [3.05, 3.63) is 57.3 Å². The lowest BCUT2D eigenvalue weighted by molar-refractivity contribution is -0.156. The molecule has 1 aromatic carbocycles. The Morgan fingerprint density at radius 3 is 2.74 bits per heavy atom. The molecular weight excluding hydrogens is 448 g/mol. The maximum Gasteiger partial charge on any atom is 0.309 e. The monoisotopic (exact) mass is 482 g/mol. The van der Waals surface area contributed by atoms with E-state index in [-0.39, 0.29) is 23.8 Å². The lowest BCUT2D eigenvalue weighted by Gasteiger charge is -2.53. The van der Waals surface area contributed by atoms with E-state index >= 15 is 0 Å². The van der Waals surface area contributed by atoms with E-state index in [1.807, 2.05) is 18.4 Å². The minimum atomic E-state index is -0.809. The zero-order valence-electron chi connectivity index (χ0n) is 20.4. The third-order valence-electron chi connectivity index (χ3n) is 7.85. The highest BCUT2D eigenvalue weighted by atomic mass is 32.1. The van der Waals surface area contributed by atoms with Gasteiger partial charge in [0.2, 0.25) is 0 Å². The second-order valence-corrected chi connectivity index (χ2v) is 11.3. The van der Waals surface area contributed by atoms with Gasteiger partial charge in [-0.3, -0.25) is 9.59 Å². The van der Waals surface area contributed by atoms with Crippen molar-refractivity contribution < 1.29 is 19.5 Å². The van der Waals surface area contributed by atoms with Gasteiger partial charge in [-0.05, 0) is 72.1 Å². The highest BCUT2D eigenvalue weighted by molar-refractivity contribution is 7.12. The van der Waals surface area contributed by atoms with Gasteiger partial charge in [0.1, 0.15) is 6.61 Å². The number of hydrogen-bond donors (Lipinski definition) is 2. The summed E-state index contributed by atoms with van der Waals surface area (Å²) in [6, 6.07) is 10.2. The van der Waals surface area contributed by atoms with Crippen LogP contribution in [0.25, 0.3) is 0 Å². The Labute approximate surface area is 205 Å². The molecule has 1 amide bonds. The molecule has 4 rings (SSSR count). The highest BCUT2D eigenvalue weighted by Gasteiger charge is 2.56. The predicted octanol–water partition coefficient (Wildman–Crippen LogP) is 5.57. The van der Waals surface area contributed by atoms with E-state index in [0.29, 0.717) is 30.2 Å². The van der Waals surface area contributed by atoms with Crippen LogP contribution in [0.2, 0.25) is 0 Å². The number of carbonyl (C=O) groups excluding carboxylic acids is 1. The number of aliphatic carboxylic acids is 1. The number of nitrogens with one attached hydrogen (secondary N) is 1. The molecule has 3 atom stereocenters. The average molecular weight is 483 g/mol. The van der Waals surface area contributed by atoms with Gasteiger partial charge in [-0.15, -0.1) is 11.3 Å². The predicted molar refractivity (Wildman–Crippen MR) is 135 cm³/mol. The number of nitrogens with zero attached hydrogens (tertiary/aromatic N) is 1. The molecule has 6 nitrogen and oxygen atoms in total. The van der Waals surface area contributed by atoms with Gasteiger partial charge in [-0.25, -0.2) is 0 Å². The summed E-state index contributed by atoms with van der Waals surface area (Å²) in [7, 11) is 0. The standard InChI is InChI=1S/C27H34N2O4S/c1-17(2)18-8-9-20-19(15-18)21(29-33-13-12-28-24(30)22-7-5-14-34-22)16-23-26(20,3)10-6-11-27(23,4)25(31)32/h5,7-9,14-15,17,23H,6,10-13,16H2,1-4H3,(H,28,30)(H,31,32)/b29-21+/t23-,26-,27-/m1/s1. The zero-order valence-corrected chi connectivity index (χ0v) is 21.2. The zero-order chi connectivity index (χ0) is 24.5. The van der Waals surface area contributed by atoms with Crippen molar-refractivity contribution >= 4 is 28.9 Å². The molecule has 2 N–H and O–H groups in total. The van der Waals surface area contributed by atoms with Crippen molar-refractivity contribution in [2.75, 3.05) is 13.2 Å². The summed E-state index contributed by atoms with van der Waals surface area (Å²) >= 11 is 1.40. The quantitative estimate of drug-likeness (QED) is 0.399. The summed E-state index contributed by atoms with van der Waals surface area (Å²) in [5.41, 5.74) is 3.25. The Morgan fingerprint density at radius 2 is 2.06 bits per heavy atom. The summed E-state index contributed by atoms with van der Waals surface area (Å²) in [5, 5.41) is 19.4. The van der Waals surface area contributed by atoms with Crippen molar-refractivity contribution in [3.63, 3.8) is 0 Å². The molecule has 34 heavy (non-hydrogen) atoms. The minimum Gasteiger partial charge on any atom is -0.481 e. The topological polar surface area (TPSA) is 88.0 Å². The molecule has 1 heterocycles. The number of hydrogen-bond acceptors (Lipinski definition) is 5. The fourth-order valence-electron chi connectivity index (χ4n) is 5.78. The number of amides is 1. The number of benzene rings is 1. The highest BCUT2D eigenvalue weighted by Crippen LogP contribution is 2.57. The number of carboxylic acids is 1. The molecule has 2 aliphatic carbocycles. The number of oxime groups is 1. The lowest BCUT2D eigenvalue weighted by atomic mass is 9.49. The van der Waals surface area contributed by atoms with Crippen molar-refractivity contribution in [2.24, 2.45) is 16.5 Å². The second-order valence-electron chi connectivity index (χ2n) is 10.3. The molecule has 0 unspecified atom stereocenters. The molecule has 2 aromatic rings. The minimum absolute atomic E-state index is 0.0652. The van der Waals surface area contributed by atoms with Crippen LogP contribution in [0.4, 0.5) is 0 Å². The first kappa shape index (κ1) is 24.5. The van der Waals surface area contributed by atoms with Gasteiger partial charge in [0.05, 0.1) is 22.5 Å². The third-order valence-corrected chi connectivity index (χ3v) is 8.72. The maximum atomic E-state index is 12.4. The fourth-order valence-corrected chi connectivity index (χ4v) is 6.42. The van der Waals surface area contributed by atoms with Gasteiger partial charge in [-0.1, -0.05) is 50.5 Å². The van der Waals surface area contributed by atoms with E-state index in [4.69, 9.17) is 4.84 Å². The van der Waals surface area contributed by atoms with Crippen molar-refractivity contribution in [3.8, 4) is 0 Å². The number of fused-ring (bicyclic) bond motifs is 3. The number of rotatable bonds is 7. The summed E-state index contributed by atoms with van der Waals surface area (Å²) in [5.74, 6) is -0.543. The van der Waals surface area contributed by atoms with Crippen LogP contribution in [-0.2, 0) is 15.0 Å². The van der Waals surface area contributed by atoms with E-state index < -0.39 is 11.4 Å². The smallest absolute Gasteiger partial charge is 0.309 e. The molecule has 7 heteroatoms. The summed E-state index contributed by atoms with van der Waals surface area (Å²) < 4.78 is 0. The Hall–Kier alpha value is -2.67. The van der Waals surface area contributed by atoms with Crippen molar-refractivity contribution in [1.82, 2.24) is 5.32 Å². The summed E-state index contributed by atoms with van der Waals surface area (Å²) in [6.07, 6.45) is 3.10. The van der Waals surface area contributed by atoms with E-state index in [1.165, 1.54) is 22.5 Å². The summed E-state index contributed by atoms with van der Waals surface area (Å²) in [4.78, 5) is 30.8. The van der Waals surface area contributed by atoms with Crippen LogP contribution in [-0.4, -0.2) is 35.8 Å². The van der Waals surface area contributed by atoms with Gasteiger partial charge in [-0.2, -0.15) is 0 Å². The molecule has 0 saturated heterocycles. The molecule has 1 saturated carbocycles. The number of carboxylic acid groups (broad SMARTS) is 1. The van der Waals surface area contributed by atoms with E-state index in [0.717, 1.165) is 24.1 Å². The third kappa shape index (κ3) is 4.38. The Kier molecular flexibility index (Phi) is 6.85. The van der Waals surface area contributed by atoms with Crippen molar-refractivity contribution in [1.29, 1.82) is 0 Å². The van der Waals surface area contributed by atoms with Crippen molar-refractivity contribution in [2.45, 2.75) is 64.7 Å². The number of carbonyl (C=O) groups is 2. The van der Waals surface area contributed by atoms with Crippen LogP contribution < -0.4 is 5.32 Å². The van der Waals surface area contributed by atoms with E-state index in [9.17, 15) is 14.7 Å². The van der Waals surface area contributed by atoms with Crippen LogP contribution in [0.5, 0.6) is 0 Å². The van der Waals surface area contributed by atoms with Crippen LogP contribution in [0.3, 0.4) is 0 Å². The fraction of sp³-hybridized carbons (Fsp3) is 0.519. The first-order chi connectivity index (χ1) is 16.2. The lowest BCUT2D eigenvalue weighted by Crippen LogP contribution is -2.53. The molecule has 0 spiro atoms. The Balaban J connectivity index is 1.59. The van der Waals surface area contributed by atoms with Crippen LogP contribution in [0.1, 0.15) is 85.7 Å². The summed E-state index contributed by atoms with van der Waals surface area (Å²) in [6.45, 7) is 9.05. The normalized spacial score (nSPS) is 27.2. The van der Waals surface area contributed by atoms with Gasteiger partial charge >= 0.3 is 5.97 Å². The molecule has 0 aliphatic heterocycles. The Bertz CT molecular complexity index is 1090. The van der Waals surface area contributed by atoms with E-state index in [2.05, 4.69) is 49.4 Å². The van der Waals surface area contributed by atoms with Gasteiger partial charge in [0.15, 0.2) is 0 Å². The molecular formula is C27H34N2O4S. The Morgan fingerprint density at radius 1 is 1.26 bits per heavy atom. The van der Waals surface area contributed by atoms with Crippen LogP contribution in [0, 0.1) is 11.3 Å². The first-order valence-electron chi connectivity index (χ1n) is 12.1. The first-order valence-corrected chi connectivity index (χ1v) is 12.9. The second kappa shape index (κ2) is 9.53. The van der Waals surface area contributed by atoms with E-state index in [1.54, 1.807) is 6.07 Å². The molecule has 0 bridgehead atoms. The maximum absolute atomic E-state index is 12.4. The molecule has 0 radical (unpaired) electrons. The van der Waals surface area contributed by atoms with Crippen LogP contribution >= 0.6 is 11.3 Å². The molecule has 182 valence electrons. The average Bonchev–Trinajstić information content (AvgIpc) is 3.34. The molecule has 1 aromatic heterocycles. The van der Waals surface area contributed by atoms with Gasteiger partial charge in [0, 0.05) is 5.56 Å². The van der Waals surface area contributed by atoms with Gasteiger partial charge in [0.25, 0.3) is 5.91 Å². The molecule has 1 fully saturated rings. The largest absolute Gasteiger partial charge is 0.481 e. The van der Waals surface area contributed by atoms with Crippen LogP contribution in [0.15, 0.2) is 40.9 Å². The van der Waals surface area contributed by atoms with Gasteiger partial charge < -0.3 is 15.3 Å².